The van der Waals surface area contributed by atoms with Gasteiger partial charge in [0.15, 0.2) is 0 Å². The van der Waals surface area contributed by atoms with Gasteiger partial charge in [-0.25, -0.2) is 0 Å². The number of rotatable bonds is 1. The van der Waals surface area contributed by atoms with Crippen LogP contribution in [0.3, 0.4) is 0 Å². The molecule has 0 saturated carbocycles. The first-order valence-corrected chi connectivity index (χ1v) is 7.93. The van der Waals surface area contributed by atoms with Crippen LogP contribution in [0, 0.1) is 5.92 Å². The van der Waals surface area contributed by atoms with Crippen LogP contribution in [0.25, 0.3) is 0 Å². The molecule has 1 aromatic rings. The van der Waals surface area contributed by atoms with E-state index in [1.165, 1.54) is 12.5 Å². The van der Waals surface area contributed by atoms with E-state index in [9.17, 15) is 18.0 Å². The van der Waals surface area contributed by atoms with Gasteiger partial charge in [-0.3, -0.25) is 0 Å². The van der Waals surface area contributed by atoms with Gasteiger partial charge in [-0.2, -0.15) is 13.2 Å². The van der Waals surface area contributed by atoms with Crippen molar-refractivity contribution in [2.24, 2.45) is 5.92 Å². The van der Waals surface area contributed by atoms with Crippen molar-refractivity contribution in [1.29, 1.82) is 0 Å². The van der Waals surface area contributed by atoms with Crippen molar-refractivity contribution >= 4 is 12.0 Å². The Balaban J connectivity index is 2.00. The molecule has 0 spiro atoms. The molecule has 0 N–H and O–H groups in total. The van der Waals surface area contributed by atoms with Crippen molar-refractivity contribution in [1.82, 2.24) is 0 Å². The van der Waals surface area contributed by atoms with E-state index in [-0.39, 0.29) is 12.0 Å². The lowest BCUT2D eigenvalue weighted by atomic mass is 9.82. The SMILES string of the molecule is O=CC1Cc2cc(C(F)(F)F)ccc2N2CCCCCCC12. The minimum absolute atomic E-state index is 0.141. The minimum Gasteiger partial charge on any atom is -0.368 e. The molecule has 1 fully saturated rings. The van der Waals surface area contributed by atoms with Gasteiger partial charge in [0.2, 0.25) is 0 Å². The highest BCUT2D eigenvalue weighted by Gasteiger charge is 2.37. The third-order valence-corrected chi connectivity index (χ3v) is 4.89. The van der Waals surface area contributed by atoms with Gasteiger partial charge in [-0.1, -0.05) is 19.3 Å². The number of nitrogens with zero attached hydrogens (tertiary/aromatic N) is 1. The number of carbonyl (C=O) groups excluding carboxylic acids is 1. The second kappa shape index (κ2) is 5.94. The monoisotopic (exact) mass is 311 g/mol. The van der Waals surface area contributed by atoms with Crippen LogP contribution in [-0.4, -0.2) is 18.9 Å². The lowest BCUT2D eigenvalue weighted by Gasteiger charge is -2.43. The number of aldehydes is 1. The first-order valence-electron chi connectivity index (χ1n) is 7.93. The van der Waals surface area contributed by atoms with E-state index < -0.39 is 11.7 Å². The number of anilines is 1. The summed E-state index contributed by atoms with van der Waals surface area (Å²) in [5.41, 5.74) is 0.920. The highest BCUT2D eigenvalue weighted by atomic mass is 19.4. The van der Waals surface area contributed by atoms with Gasteiger partial charge < -0.3 is 9.69 Å². The maximum Gasteiger partial charge on any atom is 0.416 e. The molecule has 0 aromatic heterocycles. The summed E-state index contributed by atoms with van der Waals surface area (Å²) in [6, 6.07) is 4.12. The molecular weight excluding hydrogens is 291 g/mol. The molecule has 2 atom stereocenters. The summed E-state index contributed by atoms with van der Waals surface area (Å²) in [7, 11) is 0. The largest absolute Gasteiger partial charge is 0.416 e. The molecule has 2 aliphatic heterocycles. The summed E-state index contributed by atoms with van der Waals surface area (Å²) < 4.78 is 38.7. The lowest BCUT2D eigenvalue weighted by Crippen LogP contribution is -2.47. The molecule has 1 aromatic carbocycles. The van der Waals surface area contributed by atoms with E-state index in [1.54, 1.807) is 6.07 Å². The Morgan fingerprint density at radius 3 is 2.64 bits per heavy atom. The zero-order valence-corrected chi connectivity index (χ0v) is 12.4. The number of carbonyl (C=O) groups is 1. The molecular formula is C17H20F3NO. The summed E-state index contributed by atoms with van der Waals surface area (Å²) in [6.07, 6.45) is 2.40. The highest BCUT2D eigenvalue weighted by molar-refractivity contribution is 5.66. The highest BCUT2D eigenvalue weighted by Crippen LogP contribution is 2.40. The van der Waals surface area contributed by atoms with E-state index in [4.69, 9.17) is 0 Å². The lowest BCUT2D eigenvalue weighted by molar-refractivity contribution is -0.137. The zero-order valence-electron chi connectivity index (χ0n) is 12.4. The molecule has 22 heavy (non-hydrogen) atoms. The summed E-state index contributed by atoms with van der Waals surface area (Å²) in [4.78, 5) is 13.6. The maximum atomic E-state index is 12.9. The number of hydrogen-bond acceptors (Lipinski definition) is 2. The molecule has 2 aliphatic rings. The minimum atomic E-state index is -4.33. The average Bonchev–Trinajstić information content (AvgIpc) is 2.45. The predicted molar refractivity (Wildman–Crippen MR) is 78.9 cm³/mol. The third kappa shape index (κ3) is 2.85. The standard InChI is InChI=1S/C17H20F3NO/c18-17(19,20)14-6-7-16-12(10-14)9-13(11-22)15-5-3-1-2-4-8-21(15)16/h6-7,10-11,13,15H,1-5,8-9H2. The summed E-state index contributed by atoms with van der Waals surface area (Å²) >= 11 is 0. The molecule has 0 amide bonds. The van der Waals surface area contributed by atoms with Crippen molar-refractivity contribution in [2.45, 2.75) is 50.7 Å². The molecule has 120 valence electrons. The fourth-order valence-corrected chi connectivity index (χ4v) is 3.79. The fraction of sp³-hybridized carbons (Fsp3) is 0.588. The van der Waals surface area contributed by atoms with Crippen molar-refractivity contribution in [3.05, 3.63) is 29.3 Å². The second-order valence-electron chi connectivity index (χ2n) is 6.31. The fourth-order valence-electron chi connectivity index (χ4n) is 3.79. The van der Waals surface area contributed by atoms with Gasteiger partial charge in [0.25, 0.3) is 0 Å². The van der Waals surface area contributed by atoms with E-state index in [0.29, 0.717) is 12.0 Å². The van der Waals surface area contributed by atoms with Crippen molar-refractivity contribution < 1.29 is 18.0 Å². The number of benzene rings is 1. The Kier molecular flexibility index (Phi) is 4.15. The zero-order chi connectivity index (χ0) is 15.7. The number of alkyl halides is 3. The van der Waals surface area contributed by atoms with Gasteiger partial charge in [-0.15, -0.1) is 0 Å². The number of halogens is 3. The summed E-state index contributed by atoms with van der Waals surface area (Å²) in [5.74, 6) is -0.200. The van der Waals surface area contributed by atoms with Crippen LogP contribution in [0.5, 0.6) is 0 Å². The van der Waals surface area contributed by atoms with Gasteiger partial charge in [0, 0.05) is 24.2 Å². The van der Waals surface area contributed by atoms with Crippen molar-refractivity contribution in [3.63, 3.8) is 0 Å². The van der Waals surface area contributed by atoms with E-state index in [2.05, 4.69) is 4.90 Å². The van der Waals surface area contributed by atoms with Crippen molar-refractivity contribution in [2.75, 3.05) is 11.4 Å². The second-order valence-corrected chi connectivity index (χ2v) is 6.31. The summed E-state index contributed by atoms with van der Waals surface area (Å²) in [6.45, 7) is 0.827. The van der Waals surface area contributed by atoms with Gasteiger partial charge in [0.05, 0.1) is 5.56 Å². The average molecular weight is 311 g/mol. The van der Waals surface area contributed by atoms with Gasteiger partial charge in [0.1, 0.15) is 6.29 Å². The Morgan fingerprint density at radius 1 is 1.14 bits per heavy atom. The Hall–Kier alpha value is -1.52. The molecule has 2 heterocycles. The number of fused-ring (bicyclic) bond motifs is 3. The summed E-state index contributed by atoms with van der Waals surface area (Å²) in [5, 5.41) is 0. The topological polar surface area (TPSA) is 20.3 Å². The van der Waals surface area contributed by atoms with Crippen LogP contribution in [0.1, 0.15) is 43.2 Å². The molecule has 2 nitrogen and oxygen atoms in total. The van der Waals surface area contributed by atoms with Crippen LogP contribution in [-0.2, 0) is 17.4 Å². The Bertz CT molecular complexity index is 555. The maximum absolute atomic E-state index is 12.9. The van der Waals surface area contributed by atoms with Crippen LogP contribution < -0.4 is 4.90 Å². The molecule has 3 rings (SSSR count). The number of hydrogen-bond donors (Lipinski definition) is 0. The Morgan fingerprint density at radius 2 is 1.91 bits per heavy atom. The van der Waals surface area contributed by atoms with E-state index in [0.717, 1.165) is 50.3 Å². The predicted octanol–water partition coefficient (Wildman–Crippen LogP) is 4.22. The van der Waals surface area contributed by atoms with Crippen LogP contribution in [0.15, 0.2) is 18.2 Å². The molecule has 0 radical (unpaired) electrons. The first-order chi connectivity index (χ1) is 10.5. The quantitative estimate of drug-likeness (QED) is 0.724. The Labute approximate surface area is 128 Å². The normalized spacial score (nSPS) is 25.7. The van der Waals surface area contributed by atoms with Crippen LogP contribution in [0.4, 0.5) is 18.9 Å². The smallest absolute Gasteiger partial charge is 0.368 e. The van der Waals surface area contributed by atoms with E-state index >= 15 is 0 Å². The molecule has 5 heteroatoms. The molecule has 2 unspecified atom stereocenters. The van der Waals surface area contributed by atoms with Crippen LogP contribution in [0.2, 0.25) is 0 Å². The molecule has 1 saturated heterocycles. The molecule has 0 aliphatic carbocycles. The third-order valence-electron chi connectivity index (χ3n) is 4.89. The first kappa shape index (κ1) is 15.4. The van der Waals surface area contributed by atoms with Crippen LogP contribution >= 0.6 is 0 Å². The van der Waals surface area contributed by atoms with E-state index in [1.807, 2.05) is 0 Å². The molecule has 0 bridgehead atoms. The van der Waals surface area contributed by atoms with Gasteiger partial charge >= 0.3 is 6.18 Å². The van der Waals surface area contributed by atoms with Gasteiger partial charge in [-0.05, 0) is 43.0 Å². The van der Waals surface area contributed by atoms with Crippen molar-refractivity contribution in [3.8, 4) is 0 Å².